The molecule has 112 valence electrons. The van der Waals surface area contributed by atoms with Gasteiger partial charge in [0.25, 0.3) is 0 Å². The highest BCUT2D eigenvalue weighted by molar-refractivity contribution is 6.32. The molecule has 1 aliphatic carbocycles. The van der Waals surface area contributed by atoms with Crippen molar-refractivity contribution < 1.29 is 9.47 Å². The summed E-state index contributed by atoms with van der Waals surface area (Å²) in [6, 6.07) is 4.12. The summed E-state index contributed by atoms with van der Waals surface area (Å²) in [5.74, 6) is 2.76. The van der Waals surface area contributed by atoms with Gasteiger partial charge < -0.3 is 20.1 Å². The van der Waals surface area contributed by atoms with Crippen LogP contribution in [-0.2, 0) is 0 Å². The monoisotopic (exact) mass is 307 g/mol. The van der Waals surface area contributed by atoms with Gasteiger partial charge in [0, 0.05) is 6.54 Å². The topological polar surface area (TPSA) is 60.1 Å². The van der Waals surface area contributed by atoms with Crippen LogP contribution in [0.1, 0.15) is 24.4 Å². The molecule has 1 fully saturated rings. The van der Waals surface area contributed by atoms with Crippen LogP contribution in [-0.4, -0.2) is 37.2 Å². The highest BCUT2D eigenvalue weighted by Gasteiger charge is 2.34. The maximum absolute atomic E-state index is 6.34. The number of aliphatic imine (C=N–C) groups is 1. The fraction of sp³-hybridized carbons (Fsp3) is 0.533. The Balaban J connectivity index is 1.64. The normalized spacial score (nSPS) is 24.1. The Hall–Kier alpha value is -1.62. The van der Waals surface area contributed by atoms with Crippen molar-refractivity contribution in [2.45, 2.75) is 18.9 Å². The highest BCUT2D eigenvalue weighted by atomic mass is 35.5. The molecular formula is C15H18ClN3O2. The Kier molecular flexibility index (Phi) is 3.10. The first kappa shape index (κ1) is 13.1. The van der Waals surface area contributed by atoms with Crippen LogP contribution in [0.3, 0.4) is 0 Å². The number of ether oxygens (including phenoxy) is 2. The number of nitrogens with two attached hydrogens (primary N) is 1. The molecule has 4 rings (SSSR count). The van der Waals surface area contributed by atoms with Gasteiger partial charge in [0.2, 0.25) is 0 Å². The maximum atomic E-state index is 6.34. The van der Waals surface area contributed by atoms with Gasteiger partial charge in [0.05, 0.1) is 17.6 Å². The minimum Gasteiger partial charge on any atom is -0.486 e. The minimum atomic E-state index is 0.152. The Morgan fingerprint density at radius 1 is 1.29 bits per heavy atom. The molecule has 6 heteroatoms. The molecule has 1 aromatic carbocycles. The molecular weight excluding hydrogens is 290 g/mol. The summed E-state index contributed by atoms with van der Waals surface area (Å²) < 4.78 is 11.2. The molecule has 0 bridgehead atoms. The van der Waals surface area contributed by atoms with E-state index < -0.39 is 0 Å². The Morgan fingerprint density at radius 3 is 2.90 bits per heavy atom. The van der Waals surface area contributed by atoms with E-state index >= 15 is 0 Å². The van der Waals surface area contributed by atoms with Gasteiger partial charge >= 0.3 is 0 Å². The maximum Gasteiger partial charge on any atom is 0.191 e. The van der Waals surface area contributed by atoms with Crippen molar-refractivity contribution in [3.8, 4) is 11.5 Å². The van der Waals surface area contributed by atoms with Crippen LogP contribution < -0.4 is 15.2 Å². The molecule has 0 saturated heterocycles. The van der Waals surface area contributed by atoms with E-state index in [1.165, 1.54) is 12.8 Å². The standard InChI is InChI=1S/C15H18ClN3O2/c16-11-5-10(6-13-14(11)21-4-3-20-13)12-7-18-15(17)19(12)8-9-1-2-9/h5-6,9,12H,1-4,7-8H2,(H2,17,18). The van der Waals surface area contributed by atoms with Gasteiger partial charge in [-0.2, -0.15) is 0 Å². The average Bonchev–Trinajstić information content (AvgIpc) is 3.23. The third-order valence-corrected chi connectivity index (χ3v) is 4.53. The number of benzene rings is 1. The van der Waals surface area contributed by atoms with Gasteiger partial charge in [-0.1, -0.05) is 11.6 Å². The van der Waals surface area contributed by atoms with Gasteiger partial charge in [-0.25, -0.2) is 0 Å². The van der Waals surface area contributed by atoms with E-state index in [0.717, 1.165) is 23.8 Å². The molecule has 0 amide bonds. The van der Waals surface area contributed by atoms with Crippen LogP contribution in [0.2, 0.25) is 5.02 Å². The Labute approximate surface area is 128 Å². The number of nitrogens with zero attached hydrogens (tertiary/aromatic N) is 2. The van der Waals surface area contributed by atoms with Crippen molar-refractivity contribution in [1.82, 2.24) is 4.90 Å². The second kappa shape index (κ2) is 4.98. The molecule has 5 nitrogen and oxygen atoms in total. The van der Waals surface area contributed by atoms with Crippen LogP contribution in [0.4, 0.5) is 0 Å². The molecule has 0 spiro atoms. The summed E-state index contributed by atoms with van der Waals surface area (Å²) in [4.78, 5) is 6.60. The van der Waals surface area contributed by atoms with Gasteiger partial charge in [0.15, 0.2) is 17.5 Å². The van der Waals surface area contributed by atoms with E-state index in [1.807, 2.05) is 12.1 Å². The minimum absolute atomic E-state index is 0.152. The van der Waals surface area contributed by atoms with E-state index in [0.29, 0.717) is 36.5 Å². The zero-order valence-electron chi connectivity index (χ0n) is 11.7. The summed E-state index contributed by atoms with van der Waals surface area (Å²) in [6.07, 6.45) is 2.58. The summed E-state index contributed by atoms with van der Waals surface area (Å²) in [7, 11) is 0. The predicted octanol–water partition coefficient (Wildman–Crippen LogP) is 2.19. The quantitative estimate of drug-likeness (QED) is 0.930. The molecule has 1 unspecified atom stereocenters. The molecule has 2 aliphatic heterocycles. The lowest BCUT2D eigenvalue weighted by atomic mass is 10.0. The smallest absolute Gasteiger partial charge is 0.191 e. The number of rotatable bonds is 3. The number of hydrogen-bond acceptors (Lipinski definition) is 5. The molecule has 0 aromatic heterocycles. The Bertz CT molecular complexity index is 601. The van der Waals surface area contributed by atoms with Crippen LogP contribution in [0.5, 0.6) is 11.5 Å². The number of halogens is 1. The molecule has 0 radical (unpaired) electrons. The fourth-order valence-corrected chi connectivity index (χ4v) is 3.21. The zero-order chi connectivity index (χ0) is 14.4. The molecule has 3 aliphatic rings. The van der Waals surface area contributed by atoms with Gasteiger partial charge in [0.1, 0.15) is 13.2 Å². The summed E-state index contributed by atoms with van der Waals surface area (Å²) in [5, 5.41) is 0.596. The largest absolute Gasteiger partial charge is 0.486 e. The molecule has 2 N–H and O–H groups in total. The summed E-state index contributed by atoms with van der Waals surface area (Å²) in [5.41, 5.74) is 7.14. The van der Waals surface area contributed by atoms with Crippen molar-refractivity contribution >= 4 is 17.6 Å². The van der Waals surface area contributed by atoms with Crippen LogP contribution in [0, 0.1) is 5.92 Å². The first-order chi connectivity index (χ1) is 10.2. The van der Waals surface area contributed by atoms with Crippen LogP contribution in [0.15, 0.2) is 17.1 Å². The molecule has 2 heterocycles. The van der Waals surface area contributed by atoms with Gasteiger partial charge in [-0.05, 0) is 36.5 Å². The van der Waals surface area contributed by atoms with Crippen LogP contribution in [0.25, 0.3) is 0 Å². The second-order valence-electron chi connectivity index (χ2n) is 5.84. The van der Waals surface area contributed by atoms with E-state index in [1.54, 1.807) is 0 Å². The number of fused-ring (bicyclic) bond motifs is 1. The van der Waals surface area contributed by atoms with E-state index in [-0.39, 0.29) is 6.04 Å². The molecule has 1 saturated carbocycles. The summed E-state index contributed by atoms with van der Waals surface area (Å²) >= 11 is 6.34. The van der Waals surface area contributed by atoms with Crippen molar-refractivity contribution in [3.63, 3.8) is 0 Å². The van der Waals surface area contributed by atoms with Crippen molar-refractivity contribution in [2.75, 3.05) is 26.3 Å². The highest BCUT2D eigenvalue weighted by Crippen LogP contribution is 2.42. The SMILES string of the molecule is NC1=NCC(c2cc(Cl)c3c(c2)OCCO3)N1CC1CC1. The number of guanidine groups is 1. The van der Waals surface area contributed by atoms with E-state index in [9.17, 15) is 0 Å². The molecule has 21 heavy (non-hydrogen) atoms. The fourth-order valence-electron chi connectivity index (χ4n) is 2.94. The third-order valence-electron chi connectivity index (χ3n) is 4.25. The third kappa shape index (κ3) is 2.39. The van der Waals surface area contributed by atoms with Crippen LogP contribution >= 0.6 is 11.6 Å². The zero-order valence-corrected chi connectivity index (χ0v) is 12.5. The van der Waals surface area contributed by atoms with Crippen molar-refractivity contribution in [1.29, 1.82) is 0 Å². The van der Waals surface area contributed by atoms with Crippen molar-refractivity contribution in [3.05, 3.63) is 22.7 Å². The lowest BCUT2D eigenvalue weighted by molar-refractivity contribution is 0.171. The first-order valence-electron chi connectivity index (χ1n) is 7.38. The van der Waals surface area contributed by atoms with E-state index in [2.05, 4.69) is 9.89 Å². The predicted molar refractivity (Wildman–Crippen MR) is 81.1 cm³/mol. The van der Waals surface area contributed by atoms with Gasteiger partial charge in [-0.15, -0.1) is 0 Å². The van der Waals surface area contributed by atoms with E-state index in [4.69, 9.17) is 26.8 Å². The van der Waals surface area contributed by atoms with Crippen molar-refractivity contribution in [2.24, 2.45) is 16.6 Å². The lowest BCUT2D eigenvalue weighted by Crippen LogP contribution is -2.37. The summed E-state index contributed by atoms with van der Waals surface area (Å²) in [6.45, 7) is 2.75. The number of hydrogen-bond donors (Lipinski definition) is 1. The second-order valence-corrected chi connectivity index (χ2v) is 6.24. The average molecular weight is 308 g/mol. The lowest BCUT2D eigenvalue weighted by Gasteiger charge is -2.28. The molecule has 1 aromatic rings. The first-order valence-corrected chi connectivity index (χ1v) is 7.76. The Morgan fingerprint density at radius 2 is 2.10 bits per heavy atom. The van der Waals surface area contributed by atoms with Gasteiger partial charge in [-0.3, -0.25) is 4.99 Å². The molecule has 1 atom stereocenters.